The molecule has 2 aliphatic rings. The molecule has 0 saturated carbocycles. The molecular weight excluding hydrogens is 266 g/mol. The molecule has 2 saturated heterocycles. The van der Waals surface area contributed by atoms with Crippen LogP contribution in [0.4, 0.5) is 0 Å². The third-order valence-electron chi connectivity index (χ3n) is 3.70. The number of hydrogen-bond donors (Lipinski definition) is 1. The van der Waals surface area contributed by atoms with Crippen LogP contribution in [0.25, 0.3) is 0 Å². The smallest absolute Gasteiger partial charge is 0.282 e. The second kappa shape index (κ2) is 5.65. The van der Waals surface area contributed by atoms with Crippen LogP contribution in [-0.2, 0) is 14.9 Å². The Morgan fingerprint density at radius 3 is 2.05 bits per heavy atom. The molecular formula is C12H25N3O3S. The monoisotopic (exact) mass is 291 g/mol. The summed E-state index contributed by atoms with van der Waals surface area (Å²) in [5, 5.41) is 0. The molecule has 0 bridgehead atoms. The lowest BCUT2D eigenvalue weighted by Gasteiger charge is -2.40. The molecule has 112 valence electrons. The van der Waals surface area contributed by atoms with Crippen LogP contribution in [0.2, 0.25) is 0 Å². The van der Waals surface area contributed by atoms with Gasteiger partial charge >= 0.3 is 0 Å². The Labute approximate surface area is 116 Å². The summed E-state index contributed by atoms with van der Waals surface area (Å²) in [5.74, 6) is 0.314. The van der Waals surface area contributed by atoms with Gasteiger partial charge in [-0.05, 0) is 26.2 Å². The van der Waals surface area contributed by atoms with Gasteiger partial charge < -0.3 is 10.5 Å². The van der Waals surface area contributed by atoms with Crippen LogP contribution < -0.4 is 5.73 Å². The predicted molar refractivity (Wildman–Crippen MR) is 73.8 cm³/mol. The summed E-state index contributed by atoms with van der Waals surface area (Å²) in [6, 6.07) is -0.0607. The molecule has 4 atom stereocenters. The molecule has 0 aromatic carbocycles. The molecule has 2 fully saturated rings. The van der Waals surface area contributed by atoms with Gasteiger partial charge in [0, 0.05) is 32.2 Å². The number of piperidine rings is 1. The molecule has 19 heavy (non-hydrogen) atoms. The Morgan fingerprint density at radius 1 is 1.00 bits per heavy atom. The first kappa shape index (κ1) is 15.2. The van der Waals surface area contributed by atoms with E-state index in [1.54, 1.807) is 0 Å². The van der Waals surface area contributed by atoms with Crippen LogP contribution in [0, 0.1) is 5.92 Å². The van der Waals surface area contributed by atoms with Crippen molar-refractivity contribution in [2.75, 3.05) is 26.2 Å². The van der Waals surface area contributed by atoms with E-state index in [1.807, 2.05) is 20.8 Å². The molecule has 0 radical (unpaired) electrons. The summed E-state index contributed by atoms with van der Waals surface area (Å²) in [6.07, 6.45) is 0.769. The van der Waals surface area contributed by atoms with Gasteiger partial charge in [0.05, 0.1) is 12.2 Å². The van der Waals surface area contributed by atoms with Crippen LogP contribution in [0.3, 0.4) is 0 Å². The molecule has 4 unspecified atom stereocenters. The lowest BCUT2D eigenvalue weighted by Crippen LogP contribution is -2.57. The molecule has 0 aliphatic carbocycles. The maximum Gasteiger partial charge on any atom is 0.282 e. The molecule has 2 heterocycles. The highest BCUT2D eigenvalue weighted by Gasteiger charge is 2.38. The van der Waals surface area contributed by atoms with Crippen molar-refractivity contribution in [3.8, 4) is 0 Å². The second-order valence-electron chi connectivity index (χ2n) is 6.00. The van der Waals surface area contributed by atoms with E-state index in [9.17, 15) is 8.42 Å². The van der Waals surface area contributed by atoms with E-state index in [2.05, 4.69) is 0 Å². The van der Waals surface area contributed by atoms with Crippen molar-refractivity contribution >= 4 is 10.2 Å². The van der Waals surface area contributed by atoms with Gasteiger partial charge in [-0.25, -0.2) is 0 Å². The molecule has 0 aromatic rings. The van der Waals surface area contributed by atoms with Crippen LogP contribution >= 0.6 is 0 Å². The maximum absolute atomic E-state index is 12.7. The number of rotatable bonds is 2. The van der Waals surface area contributed by atoms with Crippen molar-refractivity contribution in [2.24, 2.45) is 11.7 Å². The van der Waals surface area contributed by atoms with E-state index in [1.165, 1.54) is 8.61 Å². The maximum atomic E-state index is 12.7. The third kappa shape index (κ3) is 3.46. The van der Waals surface area contributed by atoms with Crippen LogP contribution in [0.5, 0.6) is 0 Å². The Kier molecular flexibility index (Phi) is 4.52. The van der Waals surface area contributed by atoms with Crippen molar-refractivity contribution in [3.63, 3.8) is 0 Å². The fourth-order valence-corrected chi connectivity index (χ4v) is 4.97. The van der Waals surface area contributed by atoms with Crippen LogP contribution in [0.15, 0.2) is 0 Å². The predicted octanol–water partition coefficient (Wildman–Crippen LogP) is 0.00950. The standard InChI is InChI=1S/C12H25N3O3S/c1-9-4-12(13)8-14(5-9)19(16,17)15-6-10(2)18-11(3)7-15/h9-12H,4-8,13H2,1-3H3. The van der Waals surface area contributed by atoms with Crippen molar-refractivity contribution in [1.29, 1.82) is 0 Å². The number of nitrogens with two attached hydrogens (primary N) is 1. The Bertz CT molecular complexity index is 362. The zero-order valence-electron chi connectivity index (χ0n) is 11.9. The SMILES string of the molecule is CC1CC(N)CN(S(=O)(=O)N2CC(C)OC(C)C2)C1. The molecule has 0 spiro atoms. The van der Waals surface area contributed by atoms with Gasteiger partial charge in [-0.3, -0.25) is 0 Å². The summed E-state index contributed by atoms with van der Waals surface area (Å²) < 4.78 is 34.0. The van der Waals surface area contributed by atoms with Gasteiger partial charge in [0.1, 0.15) is 0 Å². The minimum Gasteiger partial charge on any atom is -0.373 e. The highest BCUT2D eigenvalue weighted by atomic mass is 32.2. The number of nitrogens with zero attached hydrogens (tertiary/aromatic N) is 2. The van der Waals surface area contributed by atoms with Gasteiger partial charge in [-0.1, -0.05) is 6.92 Å². The van der Waals surface area contributed by atoms with Gasteiger partial charge in [0.25, 0.3) is 10.2 Å². The molecule has 2 N–H and O–H groups in total. The molecule has 2 aliphatic heterocycles. The normalized spacial score (nSPS) is 39.4. The van der Waals surface area contributed by atoms with Crippen LogP contribution in [-0.4, -0.2) is 61.5 Å². The first-order valence-electron chi connectivity index (χ1n) is 6.95. The fraction of sp³-hybridized carbons (Fsp3) is 1.00. The Hall–Kier alpha value is -0.210. The average molecular weight is 291 g/mol. The molecule has 2 rings (SSSR count). The van der Waals surface area contributed by atoms with E-state index < -0.39 is 10.2 Å². The van der Waals surface area contributed by atoms with Crippen molar-refractivity contribution in [1.82, 2.24) is 8.61 Å². The molecule has 7 heteroatoms. The summed E-state index contributed by atoms with van der Waals surface area (Å²) in [6.45, 7) is 7.69. The average Bonchev–Trinajstić information content (AvgIpc) is 2.26. The fourth-order valence-electron chi connectivity index (χ4n) is 3.02. The Balaban J connectivity index is 2.12. The molecule has 0 aromatic heterocycles. The van der Waals surface area contributed by atoms with E-state index in [0.29, 0.717) is 32.1 Å². The van der Waals surface area contributed by atoms with Gasteiger partial charge in [-0.15, -0.1) is 0 Å². The summed E-state index contributed by atoms with van der Waals surface area (Å²) >= 11 is 0. The number of morpholine rings is 1. The van der Waals surface area contributed by atoms with Crippen molar-refractivity contribution < 1.29 is 13.2 Å². The second-order valence-corrected chi connectivity index (χ2v) is 7.93. The van der Waals surface area contributed by atoms with Crippen molar-refractivity contribution in [3.05, 3.63) is 0 Å². The number of ether oxygens (including phenoxy) is 1. The van der Waals surface area contributed by atoms with Gasteiger partial charge in [0.15, 0.2) is 0 Å². The topological polar surface area (TPSA) is 75.9 Å². The number of hydrogen-bond acceptors (Lipinski definition) is 4. The summed E-state index contributed by atoms with van der Waals surface area (Å²) in [5.41, 5.74) is 5.95. The minimum absolute atomic E-state index is 0.0607. The summed E-state index contributed by atoms with van der Waals surface area (Å²) in [4.78, 5) is 0. The minimum atomic E-state index is -3.41. The van der Waals surface area contributed by atoms with Crippen LogP contribution in [0.1, 0.15) is 27.2 Å². The first-order chi connectivity index (χ1) is 8.79. The quantitative estimate of drug-likeness (QED) is 0.777. The van der Waals surface area contributed by atoms with Crippen molar-refractivity contribution in [2.45, 2.75) is 45.4 Å². The zero-order chi connectivity index (χ0) is 14.2. The lowest BCUT2D eigenvalue weighted by atomic mass is 9.99. The highest BCUT2D eigenvalue weighted by molar-refractivity contribution is 7.86. The molecule has 6 nitrogen and oxygen atoms in total. The van der Waals surface area contributed by atoms with E-state index in [4.69, 9.17) is 10.5 Å². The lowest BCUT2D eigenvalue weighted by molar-refractivity contribution is -0.0457. The first-order valence-corrected chi connectivity index (χ1v) is 8.35. The largest absolute Gasteiger partial charge is 0.373 e. The Morgan fingerprint density at radius 2 is 1.53 bits per heavy atom. The molecule has 0 amide bonds. The zero-order valence-corrected chi connectivity index (χ0v) is 12.8. The summed E-state index contributed by atoms with van der Waals surface area (Å²) in [7, 11) is -3.41. The van der Waals surface area contributed by atoms with Gasteiger partial charge in [0.2, 0.25) is 0 Å². The van der Waals surface area contributed by atoms with E-state index >= 15 is 0 Å². The van der Waals surface area contributed by atoms with Gasteiger partial charge in [-0.2, -0.15) is 17.0 Å². The third-order valence-corrected chi connectivity index (χ3v) is 5.60. The van der Waals surface area contributed by atoms with E-state index in [0.717, 1.165) is 6.42 Å². The highest BCUT2D eigenvalue weighted by Crippen LogP contribution is 2.22. The van der Waals surface area contributed by atoms with E-state index in [-0.39, 0.29) is 18.2 Å².